The molecule has 0 radical (unpaired) electrons. The lowest BCUT2D eigenvalue weighted by Crippen LogP contribution is -2.21. The summed E-state index contributed by atoms with van der Waals surface area (Å²) in [7, 11) is 0. The molecule has 1 aromatic carbocycles. The number of fused-ring (bicyclic) bond motifs is 1. The smallest absolute Gasteiger partial charge is 0.252 e. The van der Waals surface area contributed by atoms with Gasteiger partial charge in [0.25, 0.3) is 5.56 Å². The lowest BCUT2D eigenvalue weighted by Gasteiger charge is -2.09. The number of nitrogens with zero attached hydrogens (tertiary/aromatic N) is 5. The van der Waals surface area contributed by atoms with E-state index in [0.29, 0.717) is 23.0 Å². The van der Waals surface area contributed by atoms with E-state index in [1.807, 2.05) is 24.3 Å². The Kier molecular flexibility index (Phi) is 4.43. The van der Waals surface area contributed by atoms with E-state index in [1.54, 1.807) is 36.0 Å². The van der Waals surface area contributed by atoms with E-state index in [1.165, 1.54) is 17.0 Å². The minimum absolute atomic E-state index is 0.0551. The van der Waals surface area contributed by atoms with E-state index in [0.717, 1.165) is 11.0 Å². The predicted molar refractivity (Wildman–Crippen MR) is 113 cm³/mol. The molecule has 0 aliphatic carbocycles. The van der Waals surface area contributed by atoms with Gasteiger partial charge in [-0.25, -0.2) is 9.97 Å². The molecule has 0 saturated heterocycles. The third kappa shape index (κ3) is 3.62. The van der Waals surface area contributed by atoms with Crippen molar-refractivity contribution in [3.8, 4) is 17.4 Å². The van der Waals surface area contributed by atoms with Gasteiger partial charge >= 0.3 is 0 Å². The number of nitrogens with one attached hydrogen (secondary N) is 2. The number of aromatic nitrogens is 6. The van der Waals surface area contributed by atoms with Crippen LogP contribution in [0.5, 0.6) is 0 Å². The van der Waals surface area contributed by atoms with Gasteiger partial charge < -0.3 is 14.3 Å². The summed E-state index contributed by atoms with van der Waals surface area (Å²) in [6.07, 6.45) is 3.15. The lowest BCUT2D eigenvalue weighted by molar-refractivity contribution is -0.116. The molecular weight excluding hydrogens is 398 g/mol. The van der Waals surface area contributed by atoms with Crippen molar-refractivity contribution in [1.29, 1.82) is 0 Å². The number of anilines is 1. The molecule has 0 spiro atoms. The van der Waals surface area contributed by atoms with Crippen LogP contribution in [-0.2, 0) is 11.3 Å². The van der Waals surface area contributed by atoms with Crippen molar-refractivity contribution in [3.05, 3.63) is 77.2 Å². The quantitative estimate of drug-likeness (QED) is 0.455. The molecule has 0 atom stereocenters. The fraction of sp³-hybridized carbons (Fsp3) is 0.0952. The van der Waals surface area contributed by atoms with Gasteiger partial charge in [0.2, 0.25) is 11.9 Å². The number of amides is 1. The Bertz CT molecular complexity index is 1440. The van der Waals surface area contributed by atoms with Crippen molar-refractivity contribution < 1.29 is 9.21 Å². The van der Waals surface area contributed by atoms with E-state index >= 15 is 0 Å². The highest BCUT2D eigenvalue weighted by atomic mass is 16.3. The van der Waals surface area contributed by atoms with Crippen molar-refractivity contribution in [3.63, 3.8) is 0 Å². The normalized spacial score (nSPS) is 11.1. The number of benzene rings is 1. The Hall–Kier alpha value is -4.47. The SMILES string of the molecule is Cc1cc(=O)[nH]c(-n2nc(-c3ccco3)cc2NC(=O)Cn2cnc3ccccc32)n1. The largest absolute Gasteiger partial charge is 0.463 e. The topological polar surface area (TPSA) is 124 Å². The first-order chi connectivity index (χ1) is 15.1. The van der Waals surface area contributed by atoms with Gasteiger partial charge in [-0.05, 0) is 31.2 Å². The summed E-state index contributed by atoms with van der Waals surface area (Å²) < 4.78 is 8.54. The van der Waals surface area contributed by atoms with Crippen LogP contribution in [0.3, 0.4) is 0 Å². The first-order valence-corrected chi connectivity index (χ1v) is 9.49. The van der Waals surface area contributed by atoms with Crippen molar-refractivity contribution >= 4 is 22.8 Å². The van der Waals surface area contributed by atoms with Crippen LogP contribution in [0.15, 0.2) is 70.3 Å². The highest BCUT2D eigenvalue weighted by molar-refractivity contribution is 5.91. The van der Waals surface area contributed by atoms with Crippen LogP contribution in [0.2, 0.25) is 0 Å². The summed E-state index contributed by atoms with van der Waals surface area (Å²) in [6, 6.07) is 14.1. The van der Waals surface area contributed by atoms with Crippen LogP contribution >= 0.6 is 0 Å². The highest BCUT2D eigenvalue weighted by Gasteiger charge is 2.17. The van der Waals surface area contributed by atoms with Crippen molar-refractivity contribution in [2.75, 3.05) is 5.32 Å². The average molecular weight is 415 g/mol. The van der Waals surface area contributed by atoms with E-state index in [9.17, 15) is 9.59 Å². The Balaban J connectivity index is 1.50. The Morgan fingerprint density at radius 3 is 2.87 bits per heavy atom. The molecule has 2 N–H and O–H groups in total. The zero-order chi connectivity index (χ0) is 21.4. The highest BCUT2D eigenvalue weighted by Crippen LogP contribution is 2.24. The number of imidazole rings is 1. The second-order valence-corrected chi connectivity index (χ2v) is 6.92. The Morgan fingerprint density at radius 1 is 1.19 bits per heavy atom. The molecule has 5 aromatic rings. The zero-order valence-corrected chi connectivity index (χ0v) is 16.4. The fourth-order valence-electron chi connectivity index (χ4n) is 3.31. The number of aryl methyl sites for hydroxylation is 1. The second kappa shape index (κ2) is 7.41. The van der Waals surface area contributed by atoms with Crippen molar-refractivity contribution in [2.24, 2.45) is 0 Å². The zero-order valence-electron chi connectivity index (χ0n) is 16.4. The maximum atomic E-state index is 12.8. The van der Waals surface area contributed by atoms with Gasteiger partial charge in [0.15, 0.2) is 5.76 Å². The standard InChI is InChI=1S/C21H17N7O3/c1-13-9-19(29)25-21(23-13)28-18(10-15(26-28)17-7-4-8-31-17)24-20(30)11-27-12-22-14-5-2-3-6-16(14)27/h2-10,12H,11H2,1H3,(H,24,30)(H,23,25,29). The first kappa shape index (κ1) is 18.6. The summed E-state index contributed by atoms with van der Waals surface area (Å²) in [6.45, 7) is 1.76. The van der Waals surface area contributed by atoms with Gasteiger partial charge in [0.05, 0.1) is 23.6 Å². The Labute approximate surface area is 175 Å². The van der Waals surface area contributed by atoms with Gasteiger partial charge in [0.1, 0.15) is 18.1 Å². The molecule has 0 aliphatic heterocycles. The number of aromatic amines is 1. The molecule has 0 unspecified atom stereocenters. The monoisotopic (exact) mass is 415 g/mol. The predicted octanol–water partition coefficient (Wildman–Crippen LogP) is 2.51. The lowest BCUT2D eigenvalue weighted by atomic mass is 10.3. The van der Waals surface area contributed by atoms with Gasteiger partial charge in [-0.3, -0.25) is 14.6 Å². The van der Waals surface area contributed by atoms with E-state index in [2.05, 4.69) is 25.4 Å². The van der Waals surface area contributed by atoms with Crippen molar-refractivity contribution in [1.82, 2.24) is 29.3 Å². The summed E-state index contributed by atoms with van der Waals surface area (Å²) in [5, 5.41) is 7.30. The Morgan fingerprint density at radius 2 is 2.06 bits per heavy atom. The van der Waals surface area contributed by atoms with Crippen LogP contribution < -0.4 is 10.9 Å². The molecular formula is C21H17N7O3. The molecule has 4 heterocycles. The van der Waals surface area contributed by atoms with E-state index in [-0.39, 0.29) is 24.0 Å². The molecule has 0 saturated carbocycles. The number of para-hydroxylation sites is 2. The molecule has 10 heteroatoms. The van der Waals surface area contributed by atoms with E-state index < -0.39 is 0 Å². The maximum Gasteiger partial charge on any atom is 0.252 e. The number of furan rings is 1. The van der Waals surface area contributed by atoms with Crippen LogP contribution in [0.4, 0.5) is 5.82 Å². The number of H-pyrrole nitrogens is 1. The minimum Gasteiger partial charge on any atom is -0.463 e. The number of rotatable bonds is 5. The number of carbonyl (C=O) groups is 1. The molecule has 5 rings (SSSR count). The van der Waals surface area contributed by atoms with Gasteiger partial charge in [-0.2, -0.15) is 9.78 Å². The van der Waals surface area contributed by atoms with E-state index in [4.69, 9.17) is 4.42 Å². The molecule has 4 aromatic heterocycles. The summed E-state index contributed by atoms with van der Waals surface area (Å²) in [5.41, 5.74) is 2.35. The number of hydrogen-bond acceptors (Lipinski definition) is 6. The summed E-state index contributed by atoms with van der Waals surface area (Å²) in [4.78, 5) is 36.0. The van der Waals surface area contributed by atoms with Crippen LogP contribution in [0, 0.1) is 6.92 Å². The molecule has 31 heavy (non-hydrogen) atoms. The molecule has 10 nitrogen and oxygen atoms in total. The fourth-order valence-corrected chi connectivity index (χ4v) is 3.31. The molecule has 0 aliphatic rings. The molecule has 154 valence electrons. The molecule has 0 fully saturated rings. The molecule has 0 bridgehead atoms. The third-order valence-corrected chi connectivity index (χ3v) is 4.65. The van der Waals surface area contributed by atoms with Crippen LogP contribution in [0.1, 0.15) is 5.69 Å². The summed E-state index contributed by atoms with van der Waals surface area (Å²) >= 11 is 0. The average Bonchev–Trinajstić information content (AvgIpc) is 3.47. The van der Waals surface area contributed by atoms with Gasteiger partial charge in [-0.1, -0.05) is 12.1 Å². The van der Waals surface area contributed by atoms with Crippen LogP contribution in [0.25, 0.3) is 28.4 Å². The van der Waals surface area contributed by atoms with Gasteiger partial charge in [0, 0.05) is 17.8 Å². The first-order valence-electron chi connectivity index (χ1n) is 9.49. The number of carbonyl (C=O) groups excluding carboxylic acids is 1. The number of hydrogen-bond donors (Lipinski definition) is 2. The maximum absolute atomic E-state index is 12.8. The van der Waals surface area contributed by atoms with Crippen molar-refractivity contribution in [2.45, 2.75) is 13.5 Å². The summed E-state index contributed by atoms with van der Waals surface area (Å²) in [5.74, 6) is 0.760. The second-order valence-electron chi connectivity index (χ2n) is 6.92. The van der Waals surface area contributed by atoms with Crippen LogP contribution in [-0.4, -0.2) is 35.2 Å². The minimum atomic E-state index is -0.320. The third-order valence-electron chi connectivity index (χ3n) is 4.65. The van der Waals surface area contributed by atoms with Gasteiger partial charge in [-0.15, -0.1) is 0 Å². The molecule has 1 amide bonds.